The Balaban J connectivity index is 2.26. The highest BCUT2D eigenvalue weighted by Crippen LogP contribution is 2.25. The molecule has 1 atom stereocenters. The van der Waals surface area contributed by atoms with E-state index in [9.17, 15) is 8.42 Å². The molecular weight excluding hydrogens is 420 g/mol. The van der Waals surface area contributed by atoms with E-state index in [-0.39, 0.29) is 16.6 Å². The molecule has 0 aliphatic rings. The molecule has 0 aliphatic heterocycles. The largest absolute Gasteiger partial charge is 0.398 e. The van der Waals surface area contributed by atoms with E-state index in [1.165, 1.54) is 6.07 Å². The Morgan fingerprint density at radius 1 is 1.05 bits per heavy atom. The monoisotopic (exact) mass is 432 g/mol. The smallest absolute Gasteiger partial charge is 0.243 e. The summed E-state index contributed by atoms with van der Waals surface area (Å²) in [6.07, 6.45) is 0. The van der Waals surface area contributed by atoms with E-state index in [1.807, 2.05) is 24.3 Å². The molecule has 7 heteroatoms. The van der Waals surface area contributed by atoms with Crippen LogP contribution in [0.25, 0.3) is 0 Å². The molecule has 0 radical (unpaired) electrons. The van der Waals surface area contributed by atoms with Gasteiger partial charge in [-0.3, -0.25) is 0 Å². The van der Waals surface area contributed by atoms with Gasteiger partial charge in [0, 0.05) is 15.0 Å². The van der Waals surface area contributed by atoms with Crippen LogP contribution in [0.4, 0.5) is 5.69 Å². The highest BCUT2D eigenvalue weighted by molar-refractivity contribution is 9.10. The number of nitrogens with one attached hydrogen (secondary N) is 1. The maximum atomic E-state index is 12.4. The first kappa shape index (κ1) is 16.5. The van der Waals surface area contributed by atoms with E-state index < -0.39 is 10.0 Å². The van der Waals surface area contributed by atoms with Gasteiger partial charge in [0.05, 0.1) is 5.69 Å². The highest BCUT2D eigenvalue weighted by Gasteiger charge is 2.20. The first-order chi connectivity index (χ1) is 9.79. The van der Waals surface area contributed by atoms with E-state index in [4.69, 9.17) is 5.73 Å². The van der Waals surface area contributed by atoms with Crippen molar-refractivity contribution in [3.05, 3.63) is 57.0 Å². The first-order valence-corrected chi connectivity index (χ1v) is 9.19. The molecule has 2 aromatic carbocycles. The number of nitrogens with two attached hydrogens (primary N) is 1. The van der Waals surface area contributed by atoms with Gasteiger partial charge in [0.15, 0.2) is 0 Å². The molecule has 21 heavy (non-hydrogen) atoms. The third kappa shape index (κ3) is 4.06. The first-order valence-electron chi connectivity index (χ1n) is 6.12. The van der Waals surface area contributed by atoms with Crippen molar-refractivity contribution in [1.82, 2.24) is 4.72 Å². The molecule has 0 aliphatic carbocycles. The lowest BCUT2D eigenvalue weighted by Crippen LogP contribution is -2.27. The van der Waals surface area contributed by atoms with E-state index in [0.717, 1.165) is 14.5 Å². The van der Waals surface area contributed by atoms with Gasteiger partial charge in [0.25, 0.3) is 0 Å². The second-order valence-corrected chi connectivity index (χ2v) is 8.09. The van der Waals surface area contributed by atoms with Gasteiger partial charge in [0.2, 0.25) is 10.0 Å². The number of anilines is 1. The summed E-state index contributed by atoms with van der Waals surface area (Å²) in [5.74, 6) is 0. The summed E-state index contributed by atoms with van der Waals surface area (Å²) in [6, 6.07) is 11.8. The fourth-order valence-electron chi connectivity index (χ4n) is 1.88. The molecule has 0 heterocycles. The van der Waals surface area contributed by atoms with Gasteiger partial charge in [-0.1, -0.05) is 44.0 Å². The molecule has 3 N–H and O–H groups in total. The second kappa shape index (κ2) is 6.48. The molecule has 0 fully saturated rings. The Hall–Kier alpha value is -0.890. The summed E-state index contributed by atoms with van der Waals surface area (Å²) < 4.78 is 29.1. The van der Waals surface area contributed by atoms with Gasteiger partial charge in [-0.05, 0) is 42.8 Å². The lowest BCUT2D eigenvalue weighted by Gasteiger charge is -2.16. The molecule has 0 spiro atoms. The van der Waals surface area contributed by atoms with Crippen molar-refractivity contribution >= 4 is 47.6 Å². The fourth-order valence-corrected chi connectivity index (χ4v) is 3.87. The Morgan fingerprint density at radius 2 is 1.62 bits per heavy atom. The third-order valence-corrected chi connectivity index (χ3v) is 5.60. The van der Waals surface area contributed by atoms with Gasteiger partial charge >= 0.3 is 0 Å². The van der Waals surface area contributed by atoms with Gasteiger partial charge < -0.3 is 5.73 Å². The minimum absolute atomic E-state index is 0.0784. The van der Waals surface area contributed by atoms with Crippen molar-refractivity contribution in [3.63, 3.8) is 0 Å². The molecule has 4 nitrogen and oxygen atoms in total. The van der Waals surface area contributed by atoms with Crippen LogP contribution in [0.3, 0.4) is 0 Å². The molecule has 0 aromatic heterocycles. The Labute approximate surface area is 141 Å². The Morgan fingerprint density at radius 3 is 2.19 bits per heavy atom. The van der Waals surface area contributed by atoms with Crippen molar-refractivity contribution in [1.29, 1.82) is 0 Å². The van der Waals surface area contributed by atoms with Crippen LogP contribution in [0.5, 0.6) is 0 Å². The summed E-state index contributed by atoms with van der Waals surface area (Å²) in [4.78, 5) is 0.0784. The van der Waals surface area contributed by atoms with Gasteiger partial charge in [-0.25, -0.2) is 13.1 Å². The summed E-state index contributed by atoms with van der Waals surface area (Å²) in [5.41, 5.74) is 6.87. The van der Waals surface area contributed by atoms with Crippen molar-refractivity contribution in [3.8, 4) is 0 Å². The number of hydrogen-bond donors (Lipinski definition) is 2. The zero-order valence-electron chi connectivity index (χ0n) is 11.2. The summed E-state index contributed by atoms with van der Waals surface area (Å²) in [6.45, 7) is 1.79. The molecule has 1 unspecified atom stereocenters. The van der Waals surface area contributed by atoms with Crippen LogP contribution in [-0.2, 0) is 10.0 Å². The molecule has 112 valence electrons. The minimum atomic E-state index is -3.67. The standard InChI is InChI=1S/C14H14Br2N2O2S/c1-9(10-2-4-11(15)5-3-10)18-21(19,20)14-7-6-12(16)8-13(14)17/h2-9,18H,17H2,1H3. The normalized spacial score (nSPS) is 13.1. The average molecular weight is 434 g/mol. The molecule has 0 amide bonds. The molecule has 2 rings (SSSR count). The highest BCUT2D eigenvalue weighted by atomic mass is 79.9. The second-order valence-electron chi connectivity index (χ2n) is 4.58. The number of halogens is 2. The quantitative estimate of drug-likeness (QED) is 0.719. The van der Waals surface area contributed by atoms with Gasteiger partial charge in [-0.15, -0.1) is 0 Å². The Bertz CT molecular complexity index is 746. The number of hydrogen-bond acceptors (Lipinski definition) is 3. The molecule has 2 aromatic rings. The van der Waals surface area contributed by atoms with Crippen LogP contribution < -0.4 is 10.5 Å². The number of rotatable bonds is 4. The summed E-state index contributed by atoms with van der Waals surface area (Å²) in [5, 5.41) is 0. The topological polar surface area (TPSA) is 72.2 Å². The zero-order chi connectivity index (χ0) is 15.6. The van der Waals surface area contributed by atoms with Crippen LogP contribution in [0, 0.1) is 0 Å². The van der Waals surface area contributed by atoms with Crippen LogP contribution in [0.2, 0.25) is 0 Å². The van der Waals surface area contributed by atoms with E-state index in [2.05, 4.69) is 36.6 Å². The lowest BCUT2D eigenvalue weighted by atomic mass is 10.1. The van der Waals surface area contributed by atoms with E-state index in [1.54, 1.807) is 19.1 Å². The maximum Gasteiger partial charge on any atom is 0.243 e. The molecule has 0 bridgehead atoms. The predicted molar refractivity (Wildman–Crippen MR) is 91.4 cm³/mol. The summed E-state index contributed by atoms with van der Waals surface area (Å²) >= 11 is 6.61. The van der Waals surface area contributed by atoms with Crippen molar-refractivity contribution in [2.24, 2.45) is 0 Å². The molecule has 0 saturated heterocycles. The minimum Gasteiger partial charge on any atom is -0.398 e. The van der Waals surface area contributed by atoms with E-state index in [0.29, 0.717) is 0 Å². The number of sulfonamides is 1. The molecule has 0 saturated carbocycles. The van der Waals surface area contributed by atoms with Crippen molar-refractivity contribution in [2.75, 3.05) is 5.73 Å². The average Bonchev–Trinajstić information content (AvgIpc) is 2.38. The maximum absolute atomic E-state index is 12.4. The van der Waals surface area contributed by atoms with Gasteiger partial charge in [-0.2, -0.15) is 0 Å². The SMILES string of the molecule is CC(NS(=O)(=O)c1ccc(Br)cc1N)c1ccc(Br)cc1. The van der Waals surface area contributed by atoms with Crippen LogP contribution in [0.15, 0.2) is 56.3 Å². The predicted octanol–water partition coefficient (Wildman–Crippen LogP) is 3.83. The van der Waals surface area contributed by atoms with Crippen molar-refractivity contribution in [2.45, 2.75) is 17.9 Å². The van der Waals surface area contributed by atoms with Gasteiger partial charge in [0.1, 0.15) is 4.90 Å². The third-order valence-electron chi connectivity index (χ3n) is 2.96. The van der Waals surface area contributed by atoms with E-state index >= 15 is 0 Å². The lowest BCUT2D eigenvalue weighted by molar-refractivity contribution is 0.567. The molecular formula is C14H14Br2N2O2S. The number of nitrogen functional groups attached to an aromatic ring is 1. The van der Waals surface area contributed by atoms with Crippen LogP contribution in [-0.4, -0.2) is 8.42 Å². The fraction of sp³-hybridized carbons (Fsp3) is 0.143. The van der Waals surface area contributed by atoms with Crippen molar-refractivity contribution < 1.29 is 8.42 Å². The van der Waals surface area contributed by atoms with Crippen LogP contribution >= 0.6 is 31.9 Å². The summed E-state index contributed by atoms with van der Waals surface area (Å²) in [7, 11) is -3.67. The Kier molecular flexibility index (Phi) is 5.08. The van der Waals surface area contributed by atoms with Crippen LogP contribution in [0.1, 0.15) is 18.5 Å². The number of benzene rings is 2. The zero-order valence-corrected chi connectivity index (χ0v) is 15.2.